The molecule has 1 N–H and O–H groups in total. The van der Waals surface area contributed by atoms with E-state index in [1.165, 1.54) is 64.2 Å². The zero-order chi connectivity index (χ0) is 26.9. The molecule has 0 amide bonds. The number of likely N-dealkylation sites (N-methyl/N-ethyl adjacent to an activating group) is 1. The third-order valence-electron chi connectivity index (χ3n) is 10.5. The number of fused-ring (bicyclic) bond motifs is 3. The normalized spacial score (nSPS) is 30.9. The molecule has 2 bridgehead atoms. The van der Waals surface area contributed by atoms with Crippen LogP contribution < -0.4 is 5.56 Å². The fraction of sp³-hybridized carbons (Fsp3) is 0.719. The highest BCUT2D eigenvalue weighted by atomic mass is 16.4. The van der Waals surface area contributed by atoms with Crippen molar-refractivity contribution in [2.45, 2.75) is 132 Å². The number of piperidine rings is 2. The van der Waals surface area contributed by atoms with Crippen LogP contribution in [0.1, 0.15) is 114 Å². The van der Waals surface area contributed by atoms with Gasteiger partial charge in [-0.05, 0) is 77.0 Å². The summed E-state index contributed by atoms with van der Waals surface area (Å²) in [5, 5.41) is 9.26. The number of hydrogen-bond donors (Lipinski definition) is 1. The van der Waals surface area contributed by atoms with Crippen LogP contribution in [-0.2, 0) is 4.79 Å². The molecule has 2 saturated heterocycles. The first-order valence-corrected chi connectivity index (χ1v) is 15.7. The summed E-state index contributed by atoms with van der Waals surface area (Å²) in [6, 6.07) is 10.5. The summed E-state index contributed by atoms with van der Waals surface area (Å²) >= 11 is 0. The smallest absolute Gasteiger partial charge is 0.317 e. The Morgan fingerprint density at radius 2 is 1.54 bits per heavy atom. The van der Waals surface area contributed by atoms with Gasteiger partial charge >= 0.3 is 5.97 Å². The maximum absolute atomic E-state index is 14.3. The molecule has 2 saturated carbocycles. The highest BCUT2D eigenvalue weighted by molar-refractivity contribution is 5.75. The number of benzene rings is 1. The topological polar surface area (TPSA) is 78.7 Å². The SMILES string of the molecule is CN(CC(=O)O)[C@H]1CCC(c2nc3ccccc3n(C3C[C@H]4CCC[C@@H](C3)N4C3CCCCCCC3)c2=O)C1. The summed E-state index contributed by atoms with van der Waals surface area (Å²) in [6.07, 6.45) is 18.2. The minimum atomic E-state index is -0.802. The van der Waals surface area contributed by atoms with Crippen LogP contribution in [0.3, 0.4) is 0 Å². The number of carboxylic acids is 1. The zero-order valence-corrected chi connectivity index (χ0v) is 23.6. The van der Waals surface area contributed by atoms with Gasteiger partial charge in [-0.2, -0.15) is 0 Å². The maximum atomic E-state index is 14.3. The Morgan fingerprint density at radius 3 is 2.26 bits per heavy atom. The molecule has 6 rings (SSSR count). The standard InChI is InChI=1S/C32H46N4O3/c1-34(21-30(37)38)24-17-16-22(18-24)31-32(39)36(29-15-8-7-14-28(29)33-31)27-19-25-12-9-13-26(20-27)35(25)23-10-5-3-2-4-6-11-23/h7-8,14-15,22-27H,2-6,9-13,16-21H2,1H3,(H,37,38)/t22?,24-,25-,26+,27?/m0/s1. The molecule has 3 heterocycles. The first-order valence-electron chi connectivity index (χ1n) is 15.7. The van der Waals surface area contributed by atoms with Crippen LogP contribution in [0.5, 0.6) is 0 Å². The molecule has 0 spiro atoms. The monoisotopic (exact) mass is 534 g/mol. The molecule has 7 nitrogen and oxygen atoms in total. The van der Waals surface area contributed by atoms with E-state index >= 15 is 0 Å². The molecule has 4 aliphatic rings. The van der Waals surface area contributed by atoms with E-state index in [0.717, 1.165) is 49.2 Å². The van der Waals surface area contributed by atoms with Crippen molar-refractivity contribution in [2.75, 3.05) is 13.6 Å². The second-order valence-corrected chi connectivity index (χ2v) is 12.9. The number of aliphatic carboxylic acids is 1. The van der Waals surface area contributed by atoms with Crippen molar-refractivity contribution in [1.29, 1.82) is 0 Å². The summed E-state index contributed by atoms with van der Waals surface area (Å²) in [5.74, 6) is -0.715. The van der Waals surface area contributed by atoms with Gasteiger partial charge in [0.25, 0.3) is 5.56 Å². The Balaban J connectivity index is 1.29. The van der Waals surface area contributed by atoms with Crippen LogP contribution in [-0.4, -0.2) is 68.2 Å². The predicted molar refractivity (Wildman–Crippen MR) is 154 cm³/mol. The van der Waals surface area contributed by atoms with Gasteiger partial charge in [0, 0.05) is 36.1 Å². The second-order valence-electron chi connectivity index (χ2n) is 12.9. The average molecular weight is 535 g/mol. The van der Waals surface area contributed by atoms with Crippen LogP contribution in [0, 0.1) is 0 Å². The lowest BCUT2D eigenvalue weighted by Gasteiger charge is -2.53. The van der Waals surface area contributed by atoms with Gasteiger partial charge in [0.2, 0.25) is 0 Å². The Hall–Kier alpha value is -2.25. The van der Waals surface area contributed by atoms with Gasteiger partial charge in [0.15, 0.2) is 0 Å². The largest absolute Gasteiger partial charge is 0.480 e. The molecule has 0 radical (unpaired) electrons. The lowest BCUT2D eigenvalue weighted by Crippen LogP contribution is -2.57. The van der Waals surface area contributed by atoms with E-state index in [-0.39, 0.29) is 30.1 Å². The zero-order valence-electron chi connectivity index (χ0n) is 23.6. The van der Waals surface area contributed by atoms with E-state index < -0.39 is 5.97 Å². The molecule has 2 unspecified atom stereocenters. The molecule has 39 heavy (non-hydrogen) atoms. The molecule has 7 heteroatoms. The van der Waals surface area contributed by atoms with E-state index in [0.29, 0.717) is 17.8 Å². The summed E-state index contributed by atoms with van der Waals surface area (Å²) in [7, 11) is 1.88. The van der Waals surface area contributed by atoms with E-state index in [1.807, 2.05) is 24.1 Å². The van der Waals surface area contributed by atoms with Gasteiger partial charge < -0.3 is 9.67 Å². The van der Waals surface area contributed by atoms with Crippen LogP contribution in [0.25, 0.3) is 11.0 Å². The van der Waals surface area contributed by atoms with E-state index in [9.17, 15) is 14.7 Å². The fourth-order valence-electron chi connectivity index (χ4n) is 8.68. The molecule has 2 aliphatic carbocycles. The van der Waals surface area contributed by atoms with Crippen molar-refractivity contribution in [3.63, 3.8) is 0 Å². The molecule has 1 aromatic heterocycles. The fourth-order valence-corrected chi connectivity index (χ4v) is 8.68. The predicted octanol–water partition coefficient (Wildman–Crippen LogP) is 5.72. The molecule has 5 atom stereocenters. The number of carbonyl (C=O) groups is 1. The number of aromatic nitrogens is 2. The Kier molecular flexibility index (Phi) is 8.08. The van der Waals surface area contributed by atoms with E-state index in [1.54, 1.807) is 0 Å². The van der Waals surface area contributed by atoms with Crippen molar-refractivity contribution in [3.05, 3.63) is 40.3 Å². The molecular weight excluding hydrogens is 488 g/mol. The average Bonchev–Trinajstić information content (AvgIpc) is 3.38. The summed E-state index contributed by atoms with van der Waals surface area (Å²) in [6.45, 7) is 0.0368. The lowest BCUT2D eigenvalue weighted by atomic mass is 9.79. The van der Waals surface area contributed by atoms with Crippen LogP contribution in [0.4, 0.5) is 0 Å². The number of rotatable bonds is 6. The number of para-hydroxylation sites is 2. The first kappa shape index (κ1) is 26.9. The van der Waals surface area contributed by atoms with Gasteiger partial charge in [-0.25, -0.2) is 4.98 Å². The Bertz CT molecular complexity index is 1210. The summed E-state index contributed by atoms with van der Waals surface area (Å²) in [4.78, 5) is 35.4. The first-order chi connectivity index (χ1) is 19.0. The quantitative estimate of drug-likeness (QED) is 0.511. The molecule has 2 aromatic rings. The van der Waals surface area contributed by atoms with Crippen LogP contribution in [0.2, 0.25) is 0 Å². The summed E-state index contributed by atoms with van der Waals surface area (Å²) in [5.41, 5.74) is 2.70. The Labute approximate surface area is 232 Å². The van der Waals surface area contributed by atoms with Crippen LogP contribution >= 0.6 is 0 Å². The highest BCUT2D eigenvalue weighted by Crippen LogP contribution is 2.43. The van der Waals surface area contributed by atoms with E-state index in [2.05, 4.69) is 21.6 Å². The van der Waals surface area contributed by atoms with Gasteiger partial charge in [-0.3, -0.25) is 19.4 Å². The third-order valence-corrected chi connectivity index (χ3v) is 10.5. The van der Waals surface area contributed by atoms with Gasteiger partial charge in [-0.15, -0.1) is 0 Å². The van der Waals surface area contributed by atoms with Gasteiger partial charge in [-0.1, -0.05) is 50.7 Å². The van der Waals surface area contributed by atoms with Gasteiger partial charge in [0.05, 0.1) is 17.6 Å². The summed E-state index contributed by atoms with van der Waals surface area (Å²) < 4.78 is 2.15. The van der Waals surface area contributed by atoms with Crippen molar-refractivity contribution in [1.82, 2.24) is 19.4 Å². The van der Waals surface area contributed by atoms with Crippen molar-refractivity contribution >= 4 is 17.0 Å². The molecule has 212 valence electrons. The van der Waals surface area contributed by atoms with Crippen molar-refractivity contribution < 1.29 is 9.90 Å². The third kappa shape index (κ3) is 5.54. The van der Waals surface area contributed by atoms with E-state index in [4.69, 9.17) is 4.98 Å². The highest BCUT2D eigenvalue weighted by Gasteiger charge is 2.43. The molecule has 1 aromatic carbocycles. The van der Waals surface area contributed by atoms with Gasteiger partial charge in [0.1, 0.15) is 5.69 Å². The molecular formula is C32H46N4O3. The molecule has 4 fully saturated rings. The number of carboxylic acid groups (broad SMARTS) is 1. The number of hydrogen-bond acceptors (Lipinski definition) is 5. The lowest BCUT2D eigenvalue weighted by molar-refractivity contribution is -0.138. The van der Waals surface area contributed by atoms with Crippen molar-refractivity contribution in [3.8, 4) is 0 Å². The second kappa shape index (κ2) is 11.7. The van der Waals surface area contributed by atoms with Crippen molar-refractivity contribution in [2.24, 2.45) is 0 Å². The minimum absolute atomic E-state index is 0.0368. The minimum Gasteiger partial charge on any atom is -0.480 e. The Morgan fingerprint density at radius 1 is 0.872 bits per heavy atom. The molecule has 2 aliphatic heterocycles. The van der Waals surface area contributed by atoms with Crippen LogP contribution in [0.15, 0.2) is 29.1 Å². The maximum Gasteiger partial charge on any atom is 0.317 e. The number of nitrogens with zero attached hydrogens (tertiary/aromatic N) is 4.